The number of rotatable bonds is 3. The molecule has 1 aromatic heterocycles. The van der Waals surface area contributed by atoms with Gasteiger partial charge in [0.1, 0.15) is 4.60 Å². The van der Waals surface area contributed by atoms with Crippen molar-refractivity contribution in [1.82, 2.24) is 4.98 Å². The predicted molar refractivity (Wildman–Crippen MR) is 87.4 cm³/mol. The third-order valence-electron chi connectivity index (χ3n) is 6.12. The zero-order chi connectivity index (χ0) is 16.2. The first-order valence-electron chi connectivity index (χ1n) is 8.07. The summed E-state index contributed by atoms with van der Waals surface area (Å²) in [5.41, 5.74) is 0.896. The Morgan fingerprint density at radius 2 is 1.96 bits per heavy atom. The Bertz CT molecular complexity index is 656. The molecule has 0 saturated heterocycles. The van der Waals surface area contributed by atoms with E-state index in [4.69, 9.17) is 4.74 Å². The molecule has 0 aliphatic heterocycles. The highest BCUT2D eigenvalue weighted by Crippen LogP contribution is 2.74. The topological polar surface area (TPSA) is 68.3 Å². The van der Waals surface area contributed by atoms with Crippen molar-refractivity contribution in [2.45, 2.75) is 25.7 Å². The molecular weight excluding hydrogens is 360 g/mol. The highest BCUT2D eigenvalue weighted by atomic mass is 79.9. The molecule has 1 N–H and O–H groups in total. The van der Waals surface area contributed by atoms with Crippen molar-refractivity contribution < 1.29 is 14.3 Å². The Morgan fingerprint density at radius 3 is 2.52 bits per heavy atom. The van der Waals surface area contributed by atoms with Crippen molar-refractivity contribution in [2.24, 2.45) is 29.1 Å². The van der Waals surface area contributed by atoms with Crippen LogP contribution in [0.1, 0.15) is 25.7 Å². The summed E-state index contributed by atoms with van der Waals surface area (Å²) in [6.45, 7) is 0. The summed E-state index contributed by atoms with van der Waals surface area (Å²) in [5, 5.41) is 2.94. The second-order valence-corrected chi connectivity index (χ2v) is 7.77. The first-order valence-corrected chi connectivity index (χ1v) is 8.86. The molecule has 3 aliphatic carbocycles. The molecule has 4 rings (SSSR count). The maximum Gasteiger partial charge on any atom is 0.309 e. The normalized spacial score (nSPS) is 32.8. The number of aromatic nitrogens is 1. The lowest BCUT2D eigenvalue weighted by atomic mass is 9.78. The van der Waals surface area contributed by atoms with Gasteiger partial charge in [0.2, 0.25) is 5.91 Å². The molecule has 0 aromatic carbocycles. The average molecular weight is 379 g/mol. The number of anilines is 1. The number of esters is 1. The number of halogens is 1. The summed E-state index contributed by atoms with van der Waals surface area (Å²) in [6, 6.07) is 3.60. The molecule has 3 aliphatic rings. The van der Waals surface area contributed by atoms with Crippen LogP contribution < -0.4 is 5.32 Å². The van der Waals surface area contributed by atoms with E-state index >= 15 is 0 Å². The van der Waals surface area contributed by atoms with E-state index in [1.807, 2.05) is 6.07 Å². The molecule has 1 amide bonds. The van der Waals surface area contributed by atoms with Crippen molar-refractivity contribution >= 4 is 33.5 Å². The van der Waals surface area contributed by atoms with Gasteiger partial charge >= 0.3 is 5.97 Å². The van der Waals surface area contributed by atoms with Crippen LogP contribution in [0.3, 0.4) is 0 Å². The van der Waals surface area contributed by atoms with Crippen LogP contribution in [0.2, 0.25) is 0 Å². The number of hydrogen-bond donors (Lipinski definition) is 1. The molecule has 0 unspecified atom stereocenters. The van der Waals surface area contributed by atoms with Crippen molar-refractivity contribution in [1.29, 1.82) is 0 Å². The molecule has 122 valence electrons. The van der Waals surface area contributed by atoms with Crippen LogP contribution in [-0.2, 0) is 14.3 Å². The van der Waals surface area contributed by atoms with E-state index in [1.165, 1.54) is 7.11 Å². The fourth-order valence-electron chi connectivity index (χ4n) is 5.14. The number of amides is 1. The molecule has 5 nitrogen and oxygen atoms in total. The zero-order valence-corrected chi connectivity index (χ0v) is 14.5. The molecule has 3 saturated carbocycles. The molecule has 4 atom stereocenters. The first kappa shape index (κ1) is 15.1. The first-order chi connectivity index (χ1) is 11.1. The van der Waals surface area contributed by atoms with E-state index in [-0.39, 0.29) is 29.1 Å². The van der Waals surface area contributed by atoms with Gasteiger partial charge in [-0.05, 0) is 71.0 Å². The lowest BCUT2D eigenvalue weighted by Gasteiger charge is -2.27. The molecule has 0 radical (unpaired) electrons. The van der Waals surface area contributed by atoms with E-state index in [0.717, 1.165) is 30.3 Å². The Labute approximate surface area is 143 Å². The van der Waals surface area contributed by atoms with Gasteiger partial charge in [-0.2, -0.15) is 0 Å². The van der Waals surface area contributed by atoms with Gasteiger partial charge in [0.25, 0.3) is 0 Å². The molecule has 3 fully saturated rings. The van der Waals surface area contributed by atoms with E-state index in [2.05, 4.69) is 26.2 Å². The number of carbonyl (C=O) groups is 2. The number of ether oxygens (including phenoxy) is 1. The maximum atomic E-state index is 12.9. The van der Waals surface area contributed by atoms with Gasteiger partial charge in [-0.1, -0.05) is 0 Å². The lowest BCUT2D eigenvalue weighted by Crippen LogP contribution is -2.38. The van der Waals surface area contributed by atoms with Crippen molar-refractivity contribution in [3.05, 3.63) is 22.9 Å². The monoisotopic (exact) mass is 378 g/mol. The van der Waals surface area contributed by atoms with Gasteiger partial charge in [0.15, 0.2) is 0 Å². The van der Waals surface area contributed by atoms with Gasteiger partial charge in [0, 0.05) is 0 Å². The minimum Gasteiger partial charge on any atom is -0.469 e. The van der Waals surface area contributed by atoms with Crippen LogP contribution in [0.25, 0.3) is 0 Å². The molecule has 1 heterocycles. The third-order valence-corrected chi connectivity index (χ3v) is 6.59. The Morgan fingerprint density at radius 1 is 1.26 bits per heavy atom. The Hall–Kier alpha value is -1.43. The summed E-state index contributed by atoms with van der Waals surface area (Å²) in [5.74, 6) is -0.212. The summed E-state index contributed by atoms with van der Waals surface area (Å²) in [6.07, 6.45) is 6.02. The molecule has 23 heavy (non-hydrogen) atoms. The number of nitrogens with zero attached hydrogens (tertiary/aromatic N) is 1. The Kier molecular flexibility index (Phi) is 3.48. The number of nitrogens with one attached hydrogen (secondary N) is 1. The standard InChI is InChI=1S/C17H19BrN2O3/c1-23-16(22)14-11-4-3-10(17(11)6-7-17)13(14)15(21)20-9-2-5-12(18)19-8-9/h2,5,8,10-11,13-14H,3-4,6-7H2,1H3,(H,20,21)/t10-,11+,13+,14+/m0/s1. The van der Waals surface area contributed by atoms with Crippen LogP contribution in [0.4, 0.5) is 5.69 Å². The van der Waals surface area contributed by atoms with Crippen molar-refractivity contribution in [3.63, 3.8) is 0 Å². The summed E-state index contributed by atoms with van der Waals surface area (Å²) in [7, 11) is 1.42. The second kappa shape index (κ2) is 5.30. The fourth-order valence-corrected chi connectivity index (χ4v) is 5.37. The summed E-state index contributed by atoms with van der Waals surface area (Å²) in [4.78, 5) is 29.3. The SMILES string of the molecule is COC(=O)[C@H]1[C@H](C(=O)Nc2ccc(Br)nc2)[C@@H]2CC[C@H]1C21CC1. The highest BCUT2D eigenvalue weighted by Gasteiger charge is 2.71. The van der Waals surface area contributed by atoms with Crippen LogP contribution in [0, 0.1) is 29.1 Å². The van der Waals surface area contributed by atoms with E-state index < -0.39 is 0 Å². The second-order valence-electron chi connectivity index (χ2n) is 6.96. The van der Waals surface area contributed by atoms with Gasteiger partial charge in [0.05, 0.1) is 30.8 Å². The number of carbonyl (C=O) groups excluding carboxylic acids is 2. The molecule has 6 heteroatoms. The smallest absolute Gasteiger partial charge is 0.309 e. The van der Waals surface area contributed by atoms with Crippen LogP contribution >= 0.6 is 15.9 Å². The van der Waals surface area contributed by atoms with Crippen LogP contribution in [-0.4, -0.2) is 24.0 Å². The van der Waals surface area contributed by atoms with Gasteiger partial charge in [-0.3, -0.25) is 9.59 Å². The average Bonchev–Trinajstić information content (AvgIpc) is 3.22. The molecule has 2 bridgehead atoms. The zero-order valence-electron chi connectivity index (χ0n) is 12.9. The Balaban J connectivity index is 1.59. The summed E-state index contributed by atoms with van der Waals surface area (Å²) < 4.78 is 5.74. The van der Waals surface area contributed by atoms with E-state index in [0.29, 0.717) is 17.5 Å². The van der Waals surface area contributed by atoms with Crippen LogP contribution in [0.5, 0.6) is 0 Å². The number of pyridine rings is 1. The maximum absolute atomic E-state index is 12.9. The van der Waals surface area contributed by atoms with Crippen LogP contribution in [0.15, 0.2) is 22.9 Å². The fraction of sp³-hybridized carbons (Fsp3) is 0.588. The quantitative estimate of drug-likeness (QED) is 0.648. The molecule has 1 aromatic rings. The largest absolute Gasteiger partial charge is 0.469 e. The van der Waals surface area contributed by atoms with Gasteiger partial charge < -0.3 is 10.1 Å². The summed E-state index contributed by atoms with van der Waals surface area (Å²) >= 11 is 3.28. The van der Waals surface area contributed by atoms with E-state index in [1.54, 1.807) is 12.3 Å². The highest BCUT2D eigenvalue weighted by molar-refractivity contribution is 9.10. The lowest BCUT2D eigenvalue weighted by molar-refractivity contribution is -0.151. The number of methoxy groups -OCH3 is 1. The molecular formula is C17H19BrN2O3. The third kappa shape index (κ3) is 2.22. The minimum atomic E-state index is -0.287. The van der Waals surface area contributed by atoms with Gasteiger partial charge in [-0.15, -0.1) is 0 Å². The van der Waals surface area contributed by atoms with Gasteiger partial charge in [-0.25, -0.2) is 4.98 Å². The van der Waals surface area contributed by atoms with E-state index in [9.17, 15) is 9.59 Å². The predicted octanol–water partition coefficient (Wildman–Crippen LogP) is 3.01. The number of hydrogen-bond acceptors (Lipinski definition) is 4. The minimum absolute atomic E-state index is 0.0667. The van der Waals surface area contributed by atoms with Crippen molar-refractivity contribution in [2.75, 3.05) is 12.4 Å². The molecule has 1 spiro atoms. The van der Waals surface area contributed by atoms with Crippen molar-refractivity contribution in [3.8, 4) is 0 Å².